The smallest absolute Gasteiger partial charge is 0.229 e. The minimum Gasteiger partial charge on any atom is -0.358 e. The van der Waals surface area contributed by atoms with Crippen LogP contribution in [0.25, 0.3) is 10.6 Å². The Bertz CT molecular complexity index is 788. The number of rotatable bonds is 4. The lowest BCUT2D eigenvalue weighted by Crippen LogP contribution is -2.28. The zero-order valence-electron chi connectivity index (χ0n) is 12.0. The Kier molecular flexibility index (Phi) is 5.17. The molecule has 0 atom stereocenters. The zero-order valence-corrected chi connectivity index (χ0v) is 14.4. The number of benzene rings is 1. The van der Waals surface area contributed by atoms with Gasteiger partial charge in [0.25, 0.3) is 0 Å². The van der Waals surface area contributed by atoms with E-state index in [0.29, 0.717) is 22.6 Å². The number of nitrogens with one attached hydrogen (secondary N) is 2. The van der Waals surface area contributed by atoms with E-state index >= 15 is 0 Å². The Morgan fingerprint density at radius 3 is 2.74 bits per heavy atom. The van der Waals surface area contributed by atoms with Crippen molar-refractivity contribution in [2.24, 2.45) is 0 Å². The van der Waals surface area contributed by atoms with Crippen molar-refractivity contribution in [3.05, 3.63) is 64.6 Å². The summed E-state index contributed by atoms with van der Waals surface area (Å²) in [6.45, 7) is 0.605. The van der Waals surface area contributed by atoms with Crippen LogP contribution in [0.2, 0.25) is 5.02 Å². The molecule has 2 heterocycles. The highest BCUT2D eigenvalue weighted by molar-refractivity contribution is 7.80. The molecular formula is C16H13ClN4S2. The molecular weight excluding hydrogens is 348 g/mol. The van der Waals surface area contributed by atoms with Crippen LogP contribution in [0, 0.1) is 0 Å². The molecule has 0 aliphatic heterocycles. The van der Waals surface area contributed by atoms with Crippen molar-refractivity contribution in [2.75, 3.05) is 5.32 Å². The van der Waals surface area contributed by atoms with Gasteiger partial charge in [0.15, 0.2) is 5.11 Å². The summed E-state index contributed by atoms with van der Waals surface area (Å²) in [6, 6.07) is 13.5. The number of nitrogens with zero attached hydrogens (tertiary/aromatic N) is 2. The zero-order chi connectivity index (χ0) is 16.1. The first-order valence-corrected chi connectivity index (χ1v) is 8.53. The van der Waals surface area contributed by atoms with Crippen molar-refractivity contribution >= 4 is 46.2 Å². The number of halogens is 1. The Hall–Kier alpha value is -2.02. The van der Waals surface area contributed by atoms with Crippen molar-refractivity contribution in [2.45, 2.75) is 6.54 Å². The molecule has 116 valence electrons. The van der Waals surface area contributed by atoms with E-state index in [1.165, 1.54) is 0 Å². The topological polar surface area (TPSA) is 49.8 Å². The molecule has 0 unspecified atom stereocenters. The molecule has 0 radical (unpaired) electrons. The first-order chi connectivity index (χ1) is 11.2. The third-order valence-electron chi connectivity index (χ3n) is 3.02. The average molecular weight is 361 g/mol. The van der Waals surface area contributed by atoms with Crippen LogP contribution in [-0.4, -0.2) is 15.1 Å². The lowest BCUT2D eigenvalue weighted by molar-refractivity contribution is 0.923. The maximum Gasteiger partial charge on any atom is 0.229 e. The second-order valence-electron chi connectivity index (χ2n) is 4.68. The van der Waals surface area contributed by atoms with Crippen molar-refractivity contribution in [1.29, 1.82) is 0 Å². The molecule has 2 aromatic heterocycles. The number of hydrogen-bond donors (Lipinski definition) is 2. The van der Waals surface area contributed by atoms with E-state index in [9.17, 15) is 0 Å². The number of thiocarbonyl (C=S) groups is 1. The van der Waals surface area contributed by atoms with Crippen molar-refractivity contribution in [3.8, 4) is 10.6 Å². The lowest BCUT2D eigenvalue weighted by atomic mass is 10.2. The average Bonchev–Trinajstić information content (AvgIpc) is 3.09. The third kappa shape index (κ3) is 4.48. The van der Waals surface area contributed by atoms with Gasteiger partial charge in [-0.25, -0.2) is 9.97 Å². The molecule has 0 aliphatic carbocycles. The van der Waals surface area contributed by atoms with Crippen LogP contribution in [0.1, 0.15) is 5.56 Å². The van der Waals surface area contributed by atoms with E-state index < -0.39 is 0 Å². The summed E-state index contributed by atoms with van der Waals surface area (Å²) in [5.74, 6) is 0.476. The number of thiophene rings is 1. The molecule has 0 aliphatic rings. The van der Waals surface area contributed by atoms with E-state index in [1.54, 1.807) is 17.5 Å². The van der Waals surface area contributed by atoms with Crippen LogP contribution in [0.15, 0.2) is 54.0 Å². The molecule has 4 nitrogen and oxygen atoms in total. The fourth-order valence-electron chi connectivity index (χ4n) is 1.91. The van der Waals surface area contributed by atoms with Crippen LogP contribution in [0.5, 0.6) is 0 Å². The number of hydrogen-bond acceptors (Lipinski definition) is 4. The summed E-state index contributed by atoms with van der Waals surface area (Å²) >= 11 is 12.8. The maximum atomic E-state index is 5.86. The summed E-state index contributed by atoms with van der Waals surface area (Å²) in [6.07, 6.45) is 1.71. The molecule has 3 aromatic rings. The quantitative estimate of drug-likeness (QED) is 0.677. The van der Waals surface area contributed by atoms with E-state index in [-0.39, 0.29) is 0 Å². The normalized spacial score (nSPS) is 10.3. The summed E-state index contributed by atoms with van der Waals surface area (Å²) in [5.41, 5.74) is 1.96. The van der Waals surface area contributed by atoms with Crippen LogP contribution in [0.4, 0.5) is 5.95 Å². The molecule has 1 aromatic carbocycles. The fraction of sp³-hybridized carbons (Fsp3) is 0.0625. The molecule has 0 bridgehead atoms. The first kappa shape index (κ1) is 15.9. The van der Waals surface area contributed by atoms with Gasteiger partial charge in [0.05, 0.1) is 10.6 Å². The second kappa shape index (κ2) is 7.50. The van der Waals surface area contributed by atoms with Crippen LogP contribution in [-0.2, 0) is 6.54 Å². The molecule has 2 N–H and O–H groups in total. The Morgan fingerprint density at radius 2 is 2.00 bits per heavy atom. The van der Waals surface area contributed by atoms with Gasteiger partial charge in [-0.05, 0) is 47.4 Å². The minimum absolute atomic E-state index is 0.475. The van der Waals surface area contributed by atoms with E-state index in [2.05, 4.69) is 20.6 Å². The van der Waals surface area contributed by atoms with Crippen molar-refractivity contribution in [1.82, 2.24) is 15.3 Å². The fourth-order valence-corrected chi connectivity index (χ4v) is 2.90. The molecule has 0 saturated carbocycles. The lowest BCUT2D eigenvalue weighted by Gasteiger charge is -2.10. The van der Waals surface area contributed by atoms with Gasteiger partial charge in [-0.15, -0.1) is 11.3 Å². The molecule has 23 heavy (non-hydrogen) atoms. The van der Waals surface area contributed by atoms with Gasteiger partial charge in [0.1, 0.15) is 0 Å². The third-order valence-corrected chi connectivity index (χ3v) is 4.41. The molecule has 7 heteroatoms. The van der Waals surface area contributed by atoms with Crippen molar-refractivity contribution < 1.29 is 0 Å². The highest BCUT2D eigenvalue weighted by Crippen LogP contribution is 2.22. The Labute approximate surface area is 148 Å². The van der Waals surface area contributed by atoms with E-state index in [0.717, 1.165) is 16.1 Å². The first-order valence-electron chi connectivity index (χ1n) is 6.87. The summed E-state index contributed by atoms with van der Waals surface area (Å²) in [5, 5.41) is 9.33. The molecule has 0 amide bonds. The molecule has 0 fully saturated rings. The molecule has 0 spiro atoms. The second-order valence-corrected chi connectivity index (χ2v) is 6.47. The van der Waals surface area contributed by atoms with Crippen LogP contribution in [0.3, 0.4) is 0 Å². The number of anilines is 1. The maximum absolute atomic E-state index is 5.86. The SMILES string of the molecule is S=C(NCc1ccc(Cl)cc1)Nc1nccc(-c2cccs2)n1. The summed E-state index contributed by atoms with van der Waals surface area (Å²) < 4.78 is 0. The van der Waals surface area contributed by atoms with Gasteiger partial charge >= 0.3 is 0 Å². The van der Waals surface area contributed by atoms with Gasteiger partial charge in [-0.1, -0.05) is 29.8 Å². The minimum atomic E-state index is 0.475. The highest BCUT2D eigenvalue weighted by Gasteiger charge is 2.05. The summed E-state index contributed by atoms with van der Waals surface area (Å²) in [7, 11) is 0. The predicted molar refractivity (Wildman–Crippen MR) is 99.9 cm³/mol. The highest BCUT2D eigenvalue weighted by atomic mass is 35.5. The molecule has 0 saturated heterocycles. The Balaban J connectivity index is 1.59. The Morgan fingerprint density at radius 1 is 1.17 bits per heavy atom. The van der Waals surface area contributed by atoms with Crippen LogP contribution < -0.4 is 10.6 Å². The van der Waals surface area contributed by atoms with E-state index in [4.69, 9.17) is 23.8 Å². The number of aromatic nitrogens is 2. The van der Waals surface area contributed by atoms with Gasteiger partial charge in [-0.3, -0.25) is 0 Å². The van der Waals surface area contributed by atoms with E-state index in [1.807, 2.05) is 47.8 Å². The van der Waals surface area contributed by atoms with Gasteiger partial charge < -0.3 is 10.6 Å². The standard InChI is InChI=1S/C16H13ClN4S2/c17-12-5-3-11(4-6-12)10-19-16(22)21-15-18-8-7-13(20-15)14-2-1-9-23-14/h1-9H,10H2,(H2,18,19,20,21,22). The van der Waals surface area contributed by atoms with Crippen LogP contribution >= 0.6 is 35.2 Å². The molecule has 3 rings (SSSR count). The van der Waals surface area contributed by atoms with Gasteiger partial charge in [0, 0.05) is 17.8 Å². The predicted octanol–water partition coefficient (Wildman–Crippen LogP) is 4.35. The largest absolute Gasteiger partial charge is 0.358 e. The van der Waals surface area contributed by atoms with Crippen molar-refractivity contribution in [3.63, 3.8) is 0 Å². The monoisotopic (exact) mass is 360 g/mol. The summed E-state index contributed by atoms with van der Waals surface area (Å²) in [4.78, 5) is 9.75. The van der Waals surface area contributed by atoms with Gasteiger partial charge in [-0.2, -0.15) is 0 Å². The van der Waals surface area contributed by atoms with Gasteiger partial charge in [0.2, 0.25) is 5.95 Å².